The van der Waals surface area contributed by atoms with Gasteiger partial charge in [-0.2, -0.15) is 18.4 Å². The van der Waals surface area contributed by atoms with E-state index in [1.165, 1.54) is 0 Å². The smallest absolute Gasteiger partial charge is 0.335 e. The summed E-state index contributed by atoms with van der Waals surface area (Å²) < 4.78 is 37.7. The third-order valence-corrected chi connectivity index (χ3v) is 7.29. The molecule has 6 nitrogen and oxygen atoms in total. The van der Waals surface area contributed by atoms with E-state index in [2.05, 4.69) is 16.4 Å². The summed E-state index contributed by atoms with van der Waals surface area (Å²) >= 11 is 0. The Morgan fingerprint density at radius 2 is 1.88 bits per heavy atom. The van der Waals surface area contributed by atoms with Gasteiger partial charge in [0, 0.05) is 30.6 Å². The van der Waals surface area contributed by atoms with E-state index < -0.39 is 23.4 Å². The van der Waals surface area contributed by atoms with Gasteiger partial charge in [-0.05, 0) is 60.6 Å². The van der Waals surface area contributed by atoms with Gasteiger partial charge < -0.3 is 10.2 Å². The molecule has 5 rings (SSSR count). The Morgan fingerprint density at radius 3 is 2.47 bits per heavy atom. The molecule has 2 aliphatic carbocycles. The molecule has 166 valence electrons. The van der Waals surface area contributed by atoms with Crippen LogP contribution in [0, 0.1) is 22.7 Å². The number of piperidine rings is 1. The van der Waals surface area contributed by atoms with Crippen LogP contribution in [0.2, 0.25) is 0 Å². The van der Waals surface area contributed by atoms with E-state index in [0.29, 0.717) is 5.82 Å². The number of nitriles is 1. The molecule has 1 N–H and O–H groups in total. The van der Waals surface area contributed by atoms with E-state index in [-0.39, 0.29) is 37.3 Å². The van der Waals surface area contributed by atoms with Crippen LogP contribution in [0.15, 0.2) is 30.5 Å². The number of rotatable bonds is 3. The molecule has 32 heavy (non-hydrogen) atoms. The molecular weight excluding hydrogens is 421 g/mol. The maximum Gasteiger partial charge on any atom is 0.471 e. The summed E-state index contributed by atoms with van der Waals surface area (Å²) in [7, 11) is 0. The Hall–Kier alpha value is -3.15. The van der Waals surface area contributed by atoms with Gasteiger partial charge in [-0.25, -0.2) is 4.98 Å². The molecule has 0 unspecified atom stereocenters. The highest BCUT2D eigenvalue weighted by molar-refractivity contribution is 5.94. The van der Waals surface area contributed by atoms with Crippen LogP contribution in [-0.4, -0.2) is 41.0 Å². The quantitative estimate of drug-likeness (QED) is 0.781. The van der Waals surface area contributed by atoms with Crippen molar-refractivity contribution < 1.29 is 22.8 Å². The maximum atomic E-state index is 12.6. The molecule has 1 spiro atoms. The molecule has 2 saturated carbocycles. The van der Waals surface area contributed by atoms with Crippen molar-refractivity contribution in [2.75, 3.05) is 18.4 Å². The summed E-state index contributed by atoms with van der Waals surface area (Å²) in [4.78, 5) is 29.0. The number of hydrogen-bond donors (Lipinski definition) is 1. The SMILES string of the molecule is N#C[C@]1(c2ccc3cnc(NC(=O)C4CCN(C(=O)C(F)(F)F)CC4)cc3c2)CC12CC2. The van der Waals surface area contributed by atoms with Crippen molar-refractivity contribution in [1.82, 2.24) is 9.88 Å². The van der Waals surface area contributed by atoms with E-state index >= 15 is 0 Å². The summed E-state index contributed by atoms with van der Waals surface area (Å²) in [6, 6.07) is 10.2. The average molecular weight is 442 g/mol. The molecule has 2 heterocycles. The van der Waals surface area contributed by atoms with Crippen molar-refractivity contribution in [3.05, 3.63) is 36.0 Å². The number of carbonyl (C=O) groups excluding carboxylic acids is 2. The number of hydrogen-bond acceptors (Lipinski definition) is 4. The lowest BCUT2D eigenvalue weighted by atomic mass is 9.92. The van der Waals surface area contributed by atoms with Crippen molar-refractivity contribution in [3.63, 3.8) is 0 Å². The molecule has 1 saturated heterocycles. The zero-order valence-electron chi connectivity index (χ0n) is 17.2. The van der Waals surface area contributed by atoms with Crippen molar-refractivity contribution in [1.29, 1.82) is 5.26 Å². The minimum Gasteiger partial charge on any atom is -0.335 e. The first kappa shape index (κ1) is 20.7. The van der Waals surface area contributed by atoms with Gasteiger partial charge in [0.15, 0.2) is 0 Å². The second kappa shape index (κ2) is 6.92. The molecule has 3 fully saturated rings. The number of nitrogens with zero attached hydrogens (tertiary/aromatic N) is 3. The highest BCUT2D eigenvalue weighted by atomic mass is 19.4. The van der Waals surface area contributed by atoms with Crippen molar-refractivity contribution >= 4 is 28.4 Å². The van der Waals surface area contributed by atoms with Crippen LogP contribution >= 0.6 is 0 Å². The molecule has 1 aromatic heterocycles. The number of anilines is 1. The number of halogens is 3. The van der Waals surface area contributed by atoms with E-state index in [1.807, 2.05) is 18.2 Å². The highest BCUT2D eigenvalue weighted by Crippen LogP contribution is 2.78. The van der Waals surface area contributed by atoms with Gasteiger partial charge in [-0.3, -0.25) is 9.59 Å². The lowest BCUT2D eigenvalue weighted by Gasteiger charge is -2.31. The number of aromatic nitrogens is 1. The van der Waals surface area contributed by atoms with Crippen molar-refractivity contribution in [3.8, 4) is 6.07 Å². The van der Waals surface area contributed by atoms with Gasteiger partial charge in [-0.1, -0.05) is 12.1 Å². The Labute approximate surface area is 182 Å². The molecule has 2 amide bonds. The van der Waals surface area contributed by atoms with Crippen LogP contribution in [0.3, 0.4) is 0 Å². The molecular formula is C23H21F3N4O2. The van der Waals surface area contributed by atoms with Crippen LogP contribution < -0.4 is 5.32 Å². The summed E-state index contributed by atoms with van der Waals surface area (Å²) in [6.45, 7) is -0.216. The largest absolute Gasteiger partial charge is 0.471 e. The number of fused-ring (bicyclic) bond motifs is 1. The first-order chi connectivity index (χ1) is 15.2. The summed E-state index contributed by atoms with van der Waals surface area (Å²) in [5.41, 5.74) is 0.743. The fraction of sp³-hybridized carbons (Fsp3) is 0.478. The molecule has 0 radical (unpaired) electrons. The Balaban J connectivity index is 1.27. The van der Waals surface area contributed by atoms with Crippen LogP contribution in [-0.2, 0) is 15.0 Å². The zero-order valence-corrected chi connectivity index (χ0v) is 17.2. The van der Waals surface area contributed by atoms with Crippen LogP contribution in [0.5, 0.6) is 0 Å². The maximum absolute atomic E-state index is 12.6. The Bertz CT molecular complexity index is 1160. The molecule has 2 aromatic rings. The normalized spacial score (nSPS) is 24.2. The third-order valence-electron chi connectivity index (χ3n) is 7.29. The minimum absolute atomic E-state index is 0.108. The van der Waals surface area contributed by atoms with Gasteiger partial charge in [-0.15, -0.1) is 0 Å². The number of amides is 2. The topological polar surface area (TPSA) is 86.1 Å². The van der Waals surface area contributed by atoms with E-state index in [1.54, 1.807) is 12.3 Å². The molecule has 1 atom stereocenters. The second-order valence-electron chi connectivity index (χ2n) is 9.16. The molecule has 9 heteroatoms. The van der Waals surface area contributed by atoms with E-state index in [4.69, 9.17) is 0 Å². The molecule has 0 bridgehead atoms. The number of likely N-dealkylation sites (tertiary alicyclic amines) is 1. The van der Waals surface area contributed by atoms with Gasteiger partial charge in [0.2, 0.25) is 5.91 Å². The monoisotopic (exact) mass is 442 g/mol. The molecule has 1 aliphatic heterocycles. The Morgan fingerprint density at radius 1 is 1.16 bits per heavy atom. The lowest BCUT2D eigenvalue weighted by Crippen LogP contribution is -2.46. The second-order valence-corrected chi connectivity index (χ2v) is 9.16. The predicted octanol–water partition coefficient (Wildman–Crippen LogP) is 3.92. The number of benzene rings is 1. The number of carbonyl (C=O) groups is 2. The summed E-state index contributed by atoms with van der Waals surface area (Å²) in [6.07, 6.45) is 0.153. The van der Waals surface area contributed by atoms with Crippen molar-refractivity contribution in [2.45, 2.75) is 43.7 Å². The van der Waals surface area contributed by atoms with Gasteiger partial charge in [0.25, 0.3) is 0 Å². The van der Waals surface area contributed by atoms with Gasteiger partial charge in [0.1, 0.15) is 5.82 Å². The van der Waals surface area contributed by atoms with Gasteiger partial charge >= 0.3 is 12.1 Å². The van der Waals surface area contributed by atoms with Gasteiger partial charge in [0.05, 0.1) is 11.5 Å². The first-order valence-electron chi connectivity index (χ1n) is 10.7. The average Bonchev–Trinajstić information content (AvgIpc) is 3.70. The summed E-state index contributed by atoms with van der Waals surface area (Å²) in [5.74, 6) is -2.31. The fourth-order valence-corrected chi connectivity index (χ4v) is 5.08. The van der Waals surface area contributed by atoms with Crippen LogP contribution in [0.4, 0.5) is 19.0 Å². The zero-order chi connectivity index (χ0) is 22.7. The standard InChI is InChI=1S/C23H21F3N4O2/c24-23(25,26)20(32)30-7-3-14(4-8-30)19(31)29-18-10-16-9-17(2-1-15(16)11-28-18)22(13-27)12-21(22)5-6-21/h1-2,9-11,14H,3-8,12H2,(H,28,29,31)/t22-/m0/s1. The van der Waals surface area contributed by atoms with Crippen molar-refractivity contribution in [2.24, 2.45) is 11.3 Å². The van der Waals surface area contributed by atoms with E-state index in [9.17, 15) is 28.0 Å². The lowest BCUT2D eigenvalue weighted by molar-refractivity contribution is -0.186. The number of pyridine rings is 1. The van der Waals surface area contributed by atoms with Crippen LogP contribution in [0.25, 0.3) is 10.8 Å². The first-order valence-corrected chi connectivity index (χ1v) is 10.7. The molecule has 3 aliphatic rings. The third kappa shape index (κ3) is 3.29. The highest BCUT2D eigenvalue weighted by Gasteiger charge is 2.75. The summed E-state index contributed by atoms with van der Waals surface area (Å²) in [5, 5.41) is 14.3. The number of nitrogens with one attached hydrogen (secondary N) is 1. The molecule has 1 aromatic carbocycles. The minimum atomic E-state index is -4.90. The fourth-order valence-electron chi connectivity index (χ4n) is 5.08. The van der Waals surface area contributed by atoms with Crippen LogP contribution in [0.1, 0.15) is 37.7 Å². The predicted molar refractivity (Wildman–Crippen MR) is 109 cm³/mol. The number of alkyl halides is 3. The Kier molecular flexibility index (Phi) is 4.49. The van der Waals surface area contributed by atoms with E-state index in [0.717, 1.165) is 40.5 Å².